The first kappa shape index (κ1) is 14.6. The fourth-order valence-corrected chi connectivity index (χ4v) is 1.96. The van der Waals surface area contributed by atoms with E-state index in [-0.39, 0.29) is 5.56 Å². The molecule has 0 saturated carbocycles. The van der Waals surface area contributed by atoms with Crippen LogP contribution in [-0.2, 0) is 13.5 Å². The van der Waals surface area contributed by atoms with E-state index in [0.717, 1.165) is 10.1 Å². The Bertz CT molecular complexity index is 767. The van der Waals surface area contributed by atoms with Crippen LogP contribution in [0, 0.1) is 11.3 Å². The van der Waals surface area contributed by atoms with Crippen LogP contribution in [0.2, 0.25) is 0 Å². The maximum Gasteiger partial charge on any atom is 0.329 e. The van der Waals surface area contributed by atoms with Gasteiger partial charge in [-0.3, -0.25) is 14.3 Å². The van der Waals surface area contributed by atoms with Crippen molar-refractivity contribution in [1.29, 1.82) is 5.26 Å². The molecule has 1 aromatic heterocycles. The molecule has 0 unspecified atom stereocenters. The molecule has 0 radical (unpaired) electrons. The molecule has 0 aliphatic heterocycles. The summed E-state index contributed by atoms with van der Waals surface area (Å²) in [4.78, 5) is 27.6. The fourth-order valence-electron chi connectivity index (χ4n) is 1.96. The molecule has 6 heteroatoms. The Balaban J connectivity index is 2.12. The molecule has 1 N–H and O–H groups in total. The number of benzene rings is 1. The van der Waals surface area contributed by atoms with Crippen molar-refractivity contribution in [3.05, 3.63) is 62.3 Å². The fraction of sp³-hybridized carbons (Fsp3) is 0.267. The van der Waals surface area contributed by atoms with Crippen LogP contribution in [0.15, 0.2) is 39.9 Å². The summed E-state index contributed by atoms with van der Waals surface area (Å²) in [5, 5.41) is 8.87. The maximum absolute atomic E-state index is 11.6. The number of H-pyrrole nitrogens is 1. The maximum atomic E-state index is 11.6. The lowest BCUT2D eigenvalue weighted by Gasteiger charge is -2.18. The van der Waals surface area contributed by atoms with E-state index in [0.29, 0.717) is 24.3 Å². The second-order valence-electron chi connectivity index (χ2n) is 4.84. The van der Waals surface area contributed by atoms with Crippen molar-refractivity contribution >= 4 is 5.82 Å². The van der Waals surface area contributed by atoms with Crippen LogP contribution in [0.1, 0.15) is 11.1 Å². The number of likely N-dealkylation sites (N-methyl/N-ethyl adjacent to an activating group) is 1. The highest BCUT2D eigenvalue weighted by Crippen LogP contribution is 2.08. The number of rotatable bonds is 4. The number of aromatic amines is 1. The molecule has 2 rings (SSSR count). The van der Waals surface area contributed by atoms with Gasteiger partial charge in [-0.25, -0.2) is 4.79 Å². The zero-order valence-electron chi connectivity index (χ0n) is 12.0. The van der Waals surface area contributed by atoms with Crippen LogP contribution >= 0.6 is 0 Å². The standard InChI is InChI=1S/C15H16N4O2/c1-18(13-9-14(20)19(2)15(21)17-13)7-6-11-4-3-5-12(8-11)10-16/h3-5,8-9H,6-7H2,1-2H3,(H,17,21). The number of nitrogens with zero attached hydrogens (tertiary/aromatic N) is 3. The predicted octanol–water partition coefficient (Wildman–Crippen LogP) is 0.624. The molecule has 0 bridgehead atoms. The Morgan fingerprint density at radius 3 is 2.76 bits per heavy atom. The summed E-state index contributed by atoms with van der Waals surface area (Å²) >= 11 is 0. The smallest absolute Gasteiger partial charge is 0.329 e. The average Bonchev–Trinajstić information content (AvgIpc) is 2.50. The van der Waals surface area contributed by atoms with Gasteiger partial charge in [-0.2, -0.15) is 5.26 Å². The summed E-state index contributed by atoms with van der Waals surface area (Å²) in [5.41, 5.74) is 0.882. The van der Waals surface area contributed by atoms with Crippen molar-refractivity contribution in [1.82, 2.24) is 9.55 Å². The number of anilines is 1. The van der Waals surface area contributed by atoms with Crippen molar-refractivity contribution in [2.75, 3.05) is 18.5 Å². The van der Waals surface area contributed by atoms with Crippen LogP contribution in [0.4, 0.5) is 5.82 Å². The summed E-state index contributed by atoms with van der Waals surface area (Å²) < 4.78 is 1.02. The highest BCUT2D eigenvalue weighted by Gasteiger charge is 2.06. The van der Waals surface area contributed by atoms with E-state index in [9.17, 15) is 9.59 Å². The molecule has 1 heterocycles. The zero-order valence-corrected chi connectivity index (χ0v) is 12.0. The van der Waals surface area contributed by atoms with Crippen LogP contribution in [0.3, 0.4) is 0 Å². The molecule has 108 valence electrons. The van der Waals surface area contributed by atoms with Gasteiger partial charge in [0.1, 0.15) is 5.82 Å². The molecule has 0 amide bonds. The number of hydrogen-bond acceptors (Lipinski definition) is 4. The number of aromatic nitrogens is 2. The Hall–Kier alpha value is -2.81. The lowest BCUT2D eigenvalue weighted by Crippen LogP contribution is -2.35. The molecule has 0 saturated heterocycles. The van der Waals surface area contributed by atoms with E-state index in [1.165, 1.54) is 13.1 Å². The van der Waals surface area contributed by atoms with E-state index in [1.807, 2.05) is 23.1 Å². The topological polar surface area (TPSA) is 81.9 Å². The molecule has 0 atom stereocenters. The van der Waals surface area contributed by atoms with Crippen LogP contribution < -0.4 is 16.1 Å². The van der Waals surface area contributed by atoms with Crippen LogP contribution in [0.25, 0.3) is 0 Å². The van der Waals surface area contributed by atoms with Crippen LogP contribution in [0.5, 0.6) is 0 Å². The van der Waals surface area contributed by atoms with Gasteiger partial charge in [-0.15, -0.1) is 0 Å². The molecule has 0 fully saturated rings. The van der Waals surface area contributed by atoms with Gasteiger partial charge < -0.3 is 4.90 Å². The van der Waals surface area contributed by atoms with Crippen molar-refractivity contribution in [2.45, 2.75) is 6.42 Å². The Morgan fingerprint density at radius 2 is 2.10 bits per heavy atom. The normalized spacial score (nSPS) is 10.1. The summed E-state index contributed by atoms with van der Waals surface area (Å²) in [7, 11) is 3.23. The largest absolute Gasteiger partial charge is 0.361 e. The van der Waals surface area contributed by atoms with Gasteiger partial charge in [0.05, 0.1) is 11.6 Å². The van der Waals surface area contributed by atoms with Gasteiger partial charge in [-0.05, 0) is 24.1 Å². The van der Waals surface area contributed by atoms with E-state index in [4.69, 9.17) is 5.26 Å². The summed E-state index contributed by atoms with van der Waals surface area (Å²) in [6.07, 6.45) is 0.712. The first-order valence-corrected chi connectivity index (χ1v) is 6.52. The quantitative estimate of drug-likeness (QED) is 0.892. The Kier molecular flexibility index (Phi) is 4.24. The van der Waals surface area contributed by atoms with Gasteiger partial charge >= 0.3 is 5.69 Å². The lowest BCUT2D eigenvalue weighted by molar-refractivity contribution is 0.758. The molecule has 21 heavy (non-hydrogen) atoms. The third-order valence-electron chi connectivity index (χ3n) is 3.33. The number of nitriles is 1. The van der Waals surface area contributed by atoms with Crippen molar-refractivity contribution in [2.24, 2.45) is 7.05 Å². The molecule has 1 aromatic carbocycles. The van der Waals surface area contributed by atoms with Crippen molar-refractivity contribution in [3.63, 3.8) is 0 Å². The zero-order chi connectivity index (χ0) is 15.4. The van der Waals surface area contributed by atoms with E-state index in [1.54, 1.807) is 13.1 Å². The minimum absolute atomic E-state index is 0.341. The molecule has 6 nitrogen and oxygen atoms in total. The molecule has 0 aliphatic carbocycles. The molecular weight excluding hydrogens is 268 g/mol. The van der Waals surface area contributed by atoms with Gasteiger partial charge in [0, 0.05) is 26.7 Å². The van der Waals surface area contributed by atoms with Gasteiger partial charge in [-0.1, -0.05) is 12.1 Å². The van der Waals surface area contributed by atoms with E-state index < -0.39 is 5.69 Å². The predicted molar refractivity (Wildman–Crippen MR) is 80.4 cm³/mol. The first-order valence-electron chi connectivity index (χ1n) is 6.52. The van der Waals surface area contributed by atoms with E-state index in [2.05, 4.69) is 11.1 Å². The minimum Gasteiger partial charge on any atom is -0.361 e. The lowest BCUT2D eigenvalue weighted by atomic mass is 10.1. The minimum atomic E-state index is -0.434. The molecule has 0 aliphatic rings. The highest BCUT2D eigenvalue weighted by atomic mass is 16.2. The third kappa shape index (κ3) is 3.39. The second kappa shape index (κ2) is 6.09. The third-order valence-corrected chi connectivity index (χ3v) is 3.33. The molecule has 2 aromatic rings. The SMILES string of the molecule is CN(CCc1cccc(C#N)c1)c1cc(=O)n(C)c(=O)[nH]1. The Morgan fingerprint density at radius 1 is 1.33 bits per heavy atom. The van der Waals surface area contributed by atoms with Gasteiger partial charge in [0.15, 0.2) is 0 Å². The molecular formula is C15H16N4O2. The highest BCUT2D eigenvalue weighted by molar-refractivity contribution is 5.37. The average molecular weight is 284 g/mol. The summed E-state index contributed by atoms with van der Waals surface area (Å²) in [5.74, 6) is 0.486. The molecule has 0 spiro atoms. The van der Waals surface area contributed by atoms with E-state index >= 15 is 0 Å². The second-order valence-corrected chi connectivity index (χ2v) is 4.84. The van der Waals surface area contributed by atoms with Crippen molar-refractivity contribution < 1.29 is 0 Å². The number of nitrogens with one attached hydrogen (secondary N) is 1. The van der Waals surface area contributed by atoms with Crippen molar-refractivity contribution in [3.8, 4) is 6.07 Å². The Labute approximate surface area is 121 Å². The monoisotopic (exact) mass is 284 g/mol. The summed E-state index contributed by atoms with van der Waals surface area (Å²) in [6.45, 7) is 0.623. The number of hydrogen-bond donors (Lipinski definition) is 1. The van der Waals surface area contributed by atoms with Crippen LogP contribution in [-0.4, -0.2) is 23.1 Å². The first-order chi connectivity index (χ1) is 10.0. The van der Waals surface area contributed by atoms with Gasteiger partial charge in [0.2, 0.25) is 0 Å². The van der Waals surface area contributed by atoms with Gasteiger partial charge in [0.25, 0.3) is 5.56 Å². The summed E-state index contributed by atoms with van der Waals surface area (Å²) in [6, 6.07) is 10.9.